The van der Waals surface area contributed by atoms with Crippen molar-refractivity contribution in [2.45, 2.75) is 25.3 Å². The van der Waals surface area contributed by atoms with Crippen molar-refractivity contribution >= 4 is 15.7 Å². The maximum Gasteiger partial charge on any atom is 0.237 e. The first kappa shape index (κ1) is 12.4. The summed E-state index contributed by atoms with van der Waals surface area (Å²) < 4.78 is 21.7. The highest BCUT2D eigenvalue weighted by Gasteiger charge is 2.20. The van der Waals surface area contributed by atoms with Crippen molar-refractivity contribution < 1.29 is 13.2 Å². The first-order valence-electron chi connectivity index (χ1n) is 5.18. The van der Waals surface area contributed by atoms with Crippen LogP contribution in [0.3, 0.4) is 0 Å². The van der Waals surface area contributed by atoms with Gasteiger partial charge in [0.2, 0.25) is 5.91 Å². The average molecular weight is 234 g/mol. The smallest absolute Gasteiger partial charge is 0.237 e. The highest BCUT2D eigenvalue weighted by molar-refractivity contribution is 7.90. The quantitative estimate of drug-likeness (QED) is 0.616. The van der Waals surface area contributed by atoms with Gasteiger partial charge in [-0.2, -0.15) is 0 Å². The predicted molar refractivity (Wildman–Crippen MR) is 58.4 cm³/mol. The second-order valence-electron chi connectivity index (χ2n) is 3.92. The van der Waals surface area contributed by atoms with E-state index in [4.69, 9.17) is 0 Å². The molecule has 15 heavy (non-hydrogen) atoms. The molecule has 0 aliphatic carbocycles. The van der Waals surface area contributed by atoms with Crippen LogP contribution in [0.2, 0.25) is 0 Å². The topological polar surface area (TPSA) is 75.3 Å². The highest BCUT2D eigenvalue weighted by Crippen LogP contribution is 2.02. The summed E-state index contributed by atoms with van der Waals surface area (Å²) in [6, 6.07) is -0.140. The Morgan fingerprint density at radius 3 is 2.87 bits per heavy atom. The number of sulfone groups is 1. The van der Waals surface area contributed by atoms with Crippen LogP contribution in [0.15, 0.2) is 0 Å². The Labute approximate surface area is 90.5 Å². The van der Waals surface area contributed by atoms with E-state index in [0.29, 0.717) is 13.0 Å². The van der Waals surface area contributed by atoms with Crippen LogP contribution in [0.5, 0.6) is 0 Å². The molecule has 1 unspecified atom stereocenters. The fraction of sp³-hybridized carbons (Fsp3) is 0.889. The summed E-state index contributed by atoms with van der Waals surface area (Å²) in [4.78, 5) is 11.3. The minimum Gasteiger partial charge on any atom is -0.355 e. The van der Waals surface area contributed by atoms with E-state index in [-0.39, 0.29) is 17.7 Å². The molecular formula is C9H18N2O3S. The molecule has 1 atom stereocenters. The molecule has 6 heteroatoms. The van der Waals surface area contributed by atoms with E-state index in [9.17, 15) is 13.2 Å². The summed E-state index contributed by atoms with van der Waals surface area (Å²) in [5.74, 6) is 0.203. The van der Waals surface area contributed by atoms with Crippen LogP contribution < -0.4 is 10.6 Å². The lowest BCUT2D eigenvalue weighted by molar-refractivity contribution is -0.124. The zero-order chi connectivity index (χ0) is 11.3. The van der Waals surface area contributed by atoms with Crippen LogP contribution in [0, 0.1) is 0 Å². The summed E-state index contributed by atoms with van der Waals surface area (Å²) in [6.07, 6.45) is 3.60. The molecule has 1 aliphatic rings. The highest BCUT2D eigenvalue weighted by atomic mass is 32.2. The van der Waals surface area contributed by atoms with E-state index >= 15 is 0 Å². The Balaban J connectivity index is 2.17. The molecular weight excluding hydrogens is 216 g/mol. The lowest BCUT2D eigenvalue weighted by Gasteiger charge is -2.22. The number of amides is 1. The van der Waals surface area contributed by atoms with Gasteiger partial charge < -0.3 is 10.6 Å². The molecule has 0 saturated carbocycles. The van der Waals surface area contributed by atoms with Crippen LogP contribution in [-0.2, 0) is 14.6 Å². The second kappa shape index (κ2) is 5.46. The summed E-state index contributed by atoms with van der Waals surface area (Å²) >= 11 is 0. The Morgan fingerprint density at radius 2 is 2.27 bits per heavy atom. The van der Waals surface area contributed by atoms with Crippen molar-refractivity contribution in [1.29, 1.82) is 0 Å². The monoisotopic (exact) mass is 234 g/mol. The summed E-state index contributed by atoms with van der Waals surface area (Å²) in [5, 5.41) is 5.84. The number of hydrogen-bond acceptors (Lipinski definition) is 4. The molecule has 1 saturated heterocycles. The molecule has 1 aliphatic heterocycles. The molecule has 5 nitrogen and oxygen atoms in total. The van der Waals surface area contributed by atoms with Gasteiger partial charge >= 0.3 is 0 Å². The maximum atomic E-state index is 11.3. The zero-order valence-corrected chi connectivity index (χ0v) is 9.77. The van der Waals surface area contributed by atoms with Crippen LogP contribution in [0.25, 0.3) is 0 Å². The maximum absolute atomic E-state index is 11.3. The number of rotatable bonds is 5. The minimum atomic E-state index is -2.88. The van der Waals surface area contributed by atoms with Crippen molar-refractivity contribution in [2.24, 2.45) is 0 Å². The standard InChI is InChI=1S/C9H18N2O3S/c1-15(13,14)7-3-6-10-8-4-2-5-11-9(8)12/h8,10H,2-7H2,1H3,(H,11,12). The third-order valence-electron chi connectivity index (χ3n) is 2.37. The van der Waals surface area contributed by atoms with Gasteiger partial charge in [-0.3, -0.25) is 4.79 Å². The van der Waals surface area contributed by atoms with E-state index in [1.54, 1.807) is 0 Å². The van der Waals surface area contributed by atoms with E-state index < -0.39 is 9.84 Å². The van der Waals surface area contributed by atoms with E-state index in [0.717, 1.165) is 19.4 Å². The first-order valence-corrected chi connectivity index (χ1v) is 7.24. The van der Waals surface area contributed by atoms with Gasteiger partial charge in [0.25, 0.3) is 0 Å². The number of hydrogen-bond donors (Lipinski definition) is 2. The predicted octanol–water partition coefficient (Wildman–Crippen LogP) is -0.711. The van der Waals surface area contributed by atoms with Crippen molar-refractivity contribution in [1.82, 2.24) is 10.6 Å². The van der Waals surface area contributed by atoms with Crippen LogP contribution >= 0.6 is 0 Å². The molecule has 0 radical (unpaired) electrons. The van der Waals surface area contributed by atoms with Crippen molar-refractivity contribution in [3.05, 3.63) is 0 Å². The van der Waals surface area contributed by atoms with Gasteiger partial charge in [-0.25, -0.2) is 8.42 Å². The molecule has 0 bridgehead atoms. The van der Waals surface area contributed by atoms with Gasteiger partial charge in [-0.1, -0.05) is 0 Å². The normalized spacial score (nSPS) is 22.5. The lowest BCUT2D eigenvalue weighted by Crippen LogP contribution is -2.48. The van der Waals surface area contributed by atoms with Gasteiger partial charge in [-0.05, 0) is 25.8 Å². The van der Waals surface area contributed by atoms with Crippen LogP contribution in [0.1, 0.15) is 19.3 Å². The van der Waals surface area contributed by atoms with Crippen molar-refractivity contribution in [3.8, 4) is 0 Å². The summed E-state index contributed by atoms with van der Waals surface area (Å²) in [5.41, 5.74) is 0. The van der Waals surface area contributed by atoms with E-state index in [1.807, 2.05) is 0 Å². The zero-order valence-electron chi connectivity index (χ0n) is 8.95. The number of piperidine rings is 1. The number of nitrogens with one attached hydrogen (secondary N) is 2. The molecule has 0 aromatic rings. The third kappa shape index (κ3) is 5.13. The van der Waals surface area contributed by atoms with Crippen molar-refractivity contribution in [2.75, 3.05) is 25.1 Å². The molecule has 0 aromatic carbocycles. The van der Waals surface area contributed by atoms with E-state index in [1.165, 1.54) is 6.26 Å². The summed E-state index contributed by atoms with van der Waals surface area (Å²) in [6.45, 7) is 1.32. The first-order chi connectivity index (χ1) is 6.99. The van der Waals surface area contributed by atoms with Gasteiger partial charge in [0.05, 0.1) is 11.8 Å². The fourth-order valence-electron chi connectivity index (χ4n) is 1.58. The second-order valence-corrected chi connectivity index (χ2v) is 6.18. The fourth-order valence-corrected chi connectivity index (χ4v) is 2.25. The largest absolute Gasteiger partial charge is 0.355 e. The van der Waals surface area contributed by atoms with Gasteiger partial charge in [0.15, 0.2) is 0 Å². The van der Waals surface area contributed by atoms with Crippen LogP contribution in [0.4, 0.5) is 0 Å². The number of carbonyl (C=O) groups excluding carboxylic acids is 1. The Morgan fingerprint density at radius 1 is 1.53 bits per heavy atom. The molecule has 1 rings (SSSR count). The average Bonchev–Trinajstić information content (AvgIpc) is 2.13. The lowest BCUT2D eigenvalue weighted by atomic mass is 10.1. The minimum absolute atomic E-state index is 0.0283. The Kier molecular flexibility index (Phi) is 4.53. The molecule has 0 spiro atoms. The molecule has 1 heterocycles. The van der Waals surface area contributed by atoms with Crippen LogP contribution in [-0.4, -0.2) is 45.5 Å². The Bertz CT molecular complexity index is 313. The molecule has 1 amide bonds. The molecule has 2 N–H and O–H groups in total. The Hall–Kier alpha value is -0.620. The van der Waals surface area contributed by atoms with Gasteiger partial charge in [0.1, 0.15) is 9.84 Å². The molecule has 88 valence electrons. The van der Waals surface area contributed by atoms with Crippen molar-refractivity contribution in [3.63, 3.8) is 0 Å². The summed E-state index contributed by atoms with van der Waals surface area (Å²) in [7, 11) is -2.88. The third-order valence-corrected chi connectivity index (χ3v) is 3.40. The SMILES string of the molecule is CS(=O)(=O)CCCNC1CCCNC1=O. The molecule has 0 aromatic heterocycles. The molecule has 1 fully saturated rings. The van der Waals surface area contributed by atoms with Gasteiger partial charge in [0, 0.05) is 12.8 Å². The number of carbonyl (C=O) groups is 1. The van der Waals surface area contributed by atoms with Gasteiger partial charge in [-0.15, -0.1) is 0 Å². The van der Waals surface area contributed by atoms with E-state index in [2.05, 4.69) is 10.6 Å².